The van der Waals surface area contributed by atoms with Gasteiger partial charge >= 0.3 is 0 Å². The van der Waals surface area contributed by atoms with Gasteiger partial charge in [-0.1, -0.05) is 30.3 Å². The number of hydrogen-bond acceptors (Lipinski definition) is 2. The summed E-state index contributed by atoms with van der Waals surface area (Å²) in [4.78, 5) is 0. The molecule has 0 radical (unpaired) electrons. The van der Waals surface area contributed by atoms with Crippen LogP contribution >= 0.6 is 23.5 Å². The van der Waals surface area contributed by atoms with Crippen molar-refractivity contribution in [2.75, 3.05) is 19.3 Å². The number of allylic oxidation sites excluding steroid dienone is 1. The molecule has 1 unspecified atom stereocenters. The van der Waals surface area contributed by atoms with E-state index in [-0.39, 0.29) is 24.0 Å². The third-order valence-electron chi connectivity index (χ3n) is 4.07. The second-order valence-electron chi connectivity index (χ2n) is 5.43. The van der Waals surface area contributed by atoms with E-state index in [2.05, 4.69) is 47.2 Å². The van der Waals surface area contributed by atoms with E-state index in [1.54, 1.807) is 5.71 Å². The van der Waals surface area contributed by atoms with E-state index in [0.29, 0.717) is 5.25 Å². The monoisotopic (exact) mass is 431 g/mol. The fourth-order valence-corrected chi connectivity index (χ4v) is 4.98. The Morgan fingerprint density at radius 3 is 2.48 bits per heavy atom. The van der Waals surface area contributed by atoms with Gasteiger partial charge in [0, 0.05) is 34.8 Å². The van der Waals surface area contributed by atoms with Crippen LogP contribution in [0.4, 0.5) is 0 Å². The molecule has 1 atom stereocenters. The molecule has 0 aromatic heterocycles. The Kier molecular flexibility index (Phi) is 7.16. The average Bonchev–Trinajstić information content (AvgIpc) is 2.56. The van der Waals surface area contributed by atoms with Gasteiger partial charge in [0.1, 0.15) is 13.1 Å². The first kappa shape index (κ1) is 17.4. The minimum absolute atomic E-state index is 0. The zero-order valence-electron chi connectivity index (χ0n) is 12.4. The lowest BCUT2D eigenvalue weighted by molar-refractivity contribution is -0.537. The van der Waals surface area contributed by atoms with Crippen LogP contribution in [-0.2, 0) is 0 Å². The van der Waals surface area contributed by atoms with Crippen molar-refractivity contribution in [3.05, 3.63) is 46.2 Å². The summed E-state index contributed by atoms with van der Waals surface area (Å²) in [6.45, 7) is 2.50. The maximum Gasteiger partial charge on any atom is 0.179 e. The summed E-state index contributed by atoms with van der Waals surface area (Å²) in [7, 11) is 0. The van der Waals surface area contributed by atoms with Gasteiger partial charge in [-0.3, -0.25) is 0 Å². The first-order chi connectivity index (χ1) is 9.86. The van der Waals surface area contributed by atoms with Crippen molar-refractivity contribution in [2.45, 2.75) is 30.9 Å². The number of hydrogen-bond donors (Lipinski definition) is 0. The quantitative estimate of drug-likeness (QED) is 0.518. The van der Waals surface area contributed by atoms with Crippen LogP contribution in [-0.4, -0.2) is 29.6 Å². The molecule has 21 heavy (non-hydrogen) atoms. The van der Waals surface area contributed by atoms with E-state index in [9.17, 15) is 0 Å². The van der Waals surface area contributed by atoms with Crippen LogP contribution in [0.1, 0.15) is 36.5 Å². The molecule has 1 saturated heterocycles. The highest BCUT2D eigenvalue weighted by Gasteiger charge is 2.27. The number of halogens is 1. The summed E-state index contributed by atoms with van der Waals surface area (Å²) < 4.78 is 4.08. The van der Waals surface area contributed by atoms with Crippen LogP contribution in [0.25, 0.3) is 0 Å². The maximum atomic E-state index is 2.62. The Bertz CT molecular complexity index is 517. The molecule has 2 aliphatic rings. The maximum absolute atomic E-state index is 2.62. The number of benzene rings is 1. The molecular weight excluding hydrogens is 409 g/mol. The lowest BCUT2D eigenvalue weighted by atomic mass is 10.0. The largest absolute Gasteiger partial charge is 1.00 e. The number of rotatable bonds is 2. The summed E-state index contributed by atoms with van der Waals surface area (Å²) >= 11 is 3.92. The van der Waals surface area contributed by atoms with Gasteiger partial charge in [0.05, 0.1) is 0 Å². The lowest BCUT2D eigenvalue weighted by Crippen LogP contribution is -3.00. The van der Waals surface area contributed by atoms with Crippen LogP contribution in [0.15, 0.2) is 40.6 Å². The first-order valence-electron chi connectivity index (χ1n) is 7.45. The Labute approximate surface area is 153 Å². The van der Waals surface area contributed by atoms with E-state index in [4.69, 9.17) is 0 Å². The second kappa shape index (κ2) is 8.63. The Balaban J connectivity index is 0.00000161. The molecule has 2 heterocycles. The van der Waals surface area contributed by atoms with E-state index in [1.807, 2.05) is 23.5 Å². The van der Waals surface area contributed by atoms with Gasteiger partial charge in [-0.15, -0.1) is 23.5 Å². The van der Waals surface area contributed by atoms with Crippen molar-refractivity contribution in [1.29, 1.82) is 0 Å². The lowest BCUT2D eigenvalue weighted by Gasteiger charge is -2.23. The molecule has 4 heteroatoms. The Hall–Kier alpha value is 0.0600. The van der Waals surface area contributed by atoms with Gasteiger partial charge in [-0.25, -0.2) is 4.58 Å². The van der Waals surface area contributed by atoms with Gasteiger partial charge in [-0.2, -0.15) is 0 Å². The van der Waals surface area contributed by atoms with Gasteiger partial charge in [-0.05, 0) is 18.2 Å². The van der Waals surface area contributed by atoms with Crippen molar-refractivity contribution in [2.24, 2.45) is 0 Å². The molecule has 0 N–H and O–H groups in total. The van der Waals surface area contributed by atoms with Crippen molar-refractivity contribution in [3.63, 3.8) is 0 Å². The summed E-state index contributed by atoms with van der Waals surface area (Å²) in [6, 6.07) is 11.0. The van der Waals surface area contributed by atoms with Crippen molar-refractivity contribution in [1.82, 2.24) is 0 Å². The zero-order valence-corrected chi connectivity index (χ0v) is 16.2. The topological polar surface area (TPSA) is 3.01 Å². The fraction of sp³-hybridized carbons (Fsp3) is 0.471. The van der Waals surface area contributed by atoms with E-state index in [1.165, 1.54) is 48.6 Å². The van der Waals surface area contributed by atoms with Gasteiger partial charge in [0.25, 0.3) is 0 Å². The van der Waals surface area contributed by atoms with E-state index in [0.717, 1.165) is 0 Å². The highest BCUT2D eigenvalue weighted by Crippen LogP contribution is 2.44. The summed E-state index contributed by atoms with van der Waals surface area (Å²) in [5.41, 5.74) is 3.02. The van der Waals surface area contributed by atoms with Crippen LogP contribution in [0, 0.1) is 0 Å². The van der Waals surface area contributed by atoms with Gasteiger partial charge < -0.3 is 24.0 Å². The Morgan fingerprint density at radius 1 is 1.10 bits per heavy atom. The minimum Gasteiger partial charge on any atom is -1.00 e. The van der Waals surface area contributed by atoms with E-state index >= 15 is 0 Å². The van der Waals surface area contributed by atoms with Crippen molar-refractivity contribution in [3.8, 4) is 0 Å². The van der Waals surface area contributed by atoms with Crippen molar-refractivity contribution >= 4 is 29.2 Å². The normalized spacial score (nSPS) is 22.5. The molecular formula is C17H22INS2. The predicted molar refractivity (Wildman–Crippen MR) is 91.8 cm³/mol. The molecule has 1 fully saturated rings. The number of thioether (sulfide) groups is 2. The van der Waals surface area contributed by atoms with Crippen LogP contribution < -0.4 is 24.0 Å². The molecule has 0 saturated carbocycles. The molecule has 114 valence electrons. The molecule has 1 aromatic rings. The summed E-state index contributed by atoms with van der Waals surface area (Å²) in [5, 5.41) is 0.584. The average molecular weight is 431 g/mol. The third-order valence-corrected chi connectivity index (χ3v) is 6.45. The fourth-order valence-electron chi connectivity index (χ4n) is 2.96. The second-order valence-corrected chi connectivity index (χ2v) is 7.78. The number of nitrogens with zero attached hydrogens (tertiary/aromatic N) is 1. The molecule has 0 bridgehead atoms. The van der Waals surface area contributed by atoms with Gasteiger partial charge in [0.2, 0.25) is 0 Å². The highest BCUT2D eigenvalue weighted by atomic mass is 127. The van der Waals surface area contributed by atoms with Crippen LogP contribution in [0.3, 0.4) is 0 Å². The predicted octanol–water partition coefficient (Wildman–Crippen LogP) is 1.71. The smallest absolute Gasteiger partial charge is 0.179 e. The van der Waals surface area contributed by atoms with Crippen LogP contribution in [0.2, 0.25) is 0 Å². The zero-order chi connectivity index (χ0) is 13.8. The molecule has 2 aliphatic heterocycles. The number of piperidine rings is 1. The molecule has 3 rings (SSSR count). The van der Waals surface area contributed by atoms with Crippen molar-refractivity contribution < 1.29 is 28.6 Å². The van der Waals surface area contributed by atoms with Crippen LogP contribution in [0.5, 0.6) is 0 Å². The molecule has 0 amide bonds. The summed E-state index contributed by atoms with van der Waals surface area (Å²) in [6.07, 6.45) is 9.92. The minimum atomic E-state index is 0. The SMILES string of the molecule is CSC1=CC(=[N+]2CCCCC2)CC(c2ccccc2)S1.[I-]. The molecule has 1 aromatic carbocycles. The molecule has 0 aliphatic carbocycles. The molecule has 1 nitrogen and oxygen atoms in total. The van der Waals surface area contributed by atoms with Gasteiger partial charge in [0.15, 0.2) is 5.71 Å². The summed E-state index contributed by atoms with van der Waals surface area (Å²) in [5.74, 6) is 0. The highest BCUT2D eigenvalue weighted by molar-refractivity contribution is 8.22. The Morgan fingerprint density at radius 2 is 1.81 bits per heavy atom. The third kappa shape index (κ3) is 4.52. The first-order valence-corrected chi connectivity index (χ1v) is 9.55. The standard InChI is InChI=1S/C17H22NS2.HI/c1-19-17-13-15(18-10-6-3-7-11-18)12-16(20-17)14-8-4-2-5-9-14;/h2,4-5,8-9,13,16H,3,6-7,10-12H2,1H3;1H/q+1;/p-1. The molecule has 0 spiro atoms. The van der Waals surface area contributed by atoms with E-state index < -0.39 is 0 Å².